The largest absolute Gasteiger partial charge is 0.322 e. The maximum absolute atomic E-state index is 6.22. The number of anilines is 2. The third kappa shape index (κ3) is 3.79. The van der Waals surface area contributed by atoms with E-state index in [4.69, 9.17) is 17.3 Å². The average Bonchev–Trinajstić information content (AvgIpc) is 2.99. The standard InChI is InChI=1S/C15H14ClN5S/c16-11-4-2-10(3-5-11)8-12(17)13-9-22-15(20-13)21-14-18-6-1-7-19-14/h1-7,9,12H,8,17H2,(H,18,19,20,21). The summed E-state index contributed by atoms with van der Waals surface area (Å²) in [4.78, 5) is 12.7. The van der Waals surface area contributed by atoms with Crippen LogP contribution >= 0.6 is 22.9 Å². The summed E-state index contributed by atoms with van der Waals surface area (Å²) in [5.41, 5.74) is 8.20. The van der Waals surface area contributed by atoms with Crippen molar-refractivity contribution in [2.75, 3.05) is 5.32 Å². The highest BCUT2D eigenvalue weighted by Crippen LogP contribution is 2.24. The second-order valence-electron chi connectivity index (χ2n) is 4.71. The molecule has 1 aromatic carbocycles. The zero-order valence-electron chi connectivity index (χ0n) is 11.6. The number of nitrogens with one attached hydrogen (secondary N) is 1. The zero-order valence-corrected chi connectivity index (χ0v) is 13.2. The van der Waals surface area contributed by atoms with Crippen LogP contribution in [0.25, 0.3) is 0 Å². The van der Waals surface area contributed by atoms with E-state index in [1.54, 1.807) is 18.5 Å². The summed E-state index contributed by atoms with van der Waals surface area (Å²) >= 11 is 7.37. The highest BCUT2D eigenvalue weighted by Gasteiger charge is 2.12. The van der Waals surface area contributed by atoms with Crippen molar-refractivity contribution in [3.63, 3.8) is 0 Å². The minimum absolute atomic E-state index is 0.162. The lowest BCUT2D eigenvalue weighted by molar-refractivity contribution is 0.702. The number of hydrogen-bond donors (Lipinski definition) is 2. The van der Waals surface area contributed by atoms with Crippen LogP contribution in [0.4, 0.5) is 11.1 Å². The second-order valence-corrected chi connectivity index (χ2v) is 6.01. The Hall–Kier alpha value is -2.02. The Morgan fingerprint density at radius 2 is 1.91 bits per heavy atom. The van der Waals surface area contributed by atoms with Crippen molar-refractivity contribution in [1.29, 1.82) is 0 Å². The fraction of sp³-hybridized carbons (Fsp3) is 0.133. The Morgan fingerprint density at radius 1 is 1.18 bits per heavy atom. The number of thiazole rings is 1. The Balaban J connectivity index is 1.66. The van der Waals surface area contributed by atoms with Crippen molar-refractivity contribution in [1.82, 2.24) is 15.0 Å². The molecule has 5 nitrogen and oxygen atoms in total. The van der Waals surface area contributed by atoms with Gasteiger partial charge in [-0.25, -0.2) is 15.0 Å². The first-order valence-electron chi connectivity index (χ1n) is 6.70. The van der Waals surface area contributed by atoms with Gasteiger partial charge < -0.3 is 11.1 Å². The van der Waals surface area contributed by atoms with Gasteiger partial charge in [-0.3, -0.25) is 0 Å². The molecule has 112 valence electrons. The van der Waals surface area contributed by atoms with Crippen LogP contribution in [-0.4, -0.2) is 15.0 Å². The van der Waals surface area contributed by atoms with Crippen LogP contribution in [0.1, 0.15) is 17.3 Å². The first-order chi connectivity index (χ1) is 10.7. The van der Waals surface area contributed by atoms with Crippen LogP contribution in [0.3, 0.4) is 0 Å². The van der Waals surface area contributed by atoms with E-state index in [1.807, 2.05) is 29.6 Å². The molecular weight excluding hydrogens is 318 g/mol. The molecule has 1 unspecified atom stereocenters. The number of benzene rings is 1. The fourth-order valence-electron chi connectivity index (χ4n) is 1.95. The summed E-state index contributed by atoms with van der Waals surface area (Å²) in [7, 11) is 0. The van der Waals surface area contributed by atoms with Gasteiger partial charge in [-0.15, -0.1) is 11.3 Å². The summed E-state index contributed by atoms with van der Waals surface area (Å²) in [5.74, 6) is 0.523. The third-order valence-corrected chi connectivity index (χ3v) is 4.08. The number of halogens is 1. The van der Waals surface area contributed by atoms with E-state index in [1.165, 1.54) is 11.3 Å². The van der Waals surface area contributed by atoms with Gasteiger partial charge in [-0.05, 0) is 30.2 Å². The molecule has 0 spiro atoms. The Morgan fingerprint density at radius 3 is 2.64 bits per heavy atom. The molecule has 2 heterocycles. The van der Waals surface area contributed by atoms with Crippen LogP contribution in [0.15, 0.2) is 48.1 Å². The molecule has 3 N–H and O–H groups in total. The molecule has 0 aliphatic rings. The van der Waals surface area contributed by atoms with Gasteiger partial charge in [0.05, 0.1) is 11.7 Å². The van der Waals surface area contributed by atoms with Crippen molar-refractivity contribution < 1.29 is 0 Å². The van der Waals surface area contributed by atoms with E-state index in [9.17, 15) is 0 Å². The lowest BCUT2D eigenvalue weighted by Gasteiger charge is -2.09. The van der Waals surface area contributed by atoms with Crippen LogP contribution in [-0.2, 0) is 6.42 Å². The summed E-state index contributed by atoms with van der Waals surface area (Å²) in [6.07, 6.45) is 4.06. The van der Waals surface area contributed by atoms with Gasteiger partial charge in [0.1, 0.15) is 0 Å². The van der Waals surface area contributed by atoms with E-state index in [-0.39, 0.29) is 6.04 Å². The Bertz CT molecular complexity index is 729. The molecule has 0 saturated carbocycles. The smallest absolute Gasteiger partial charge is 0.228 e. The molecular formula is C15H14ClN5S. The van der Waals surface area contributed by atoms with Crippen LogP contribution in [0.2, 0.25) is 5.02 Å². The van der Waals surface area contributed by atoms with E-state index in [0.717, 1.165) is 21.4 Å². The highest BCUT2D eigenvalue weighted by molar-refractivity contribution is 7.13. The monoisotopic (exact) mass is 331 g/mol. The van der Waals surface area contributed by atoms with E-state index < -0.39 is 0 Å². The van der Waals surface area contributed by atoms with Crippen molar-refractivity contribution in [2.45, 2.75) is 12.5 Å². The Kier molecular flexibility index (Phi) is 4.62. The van der Waals surface area contributed by atoms with Crippen molar-refractivity contribution in [3.8, 4) is 0 Å². The average molecular weight is 332 g/mol. The number of nitrogens with two attached hydrogens (primary N) is 1. The van der Waals surface area contributed by atoms with E-state index in [0.29, 0.717) is 12.4 Å². The summed E-state index contributed by atoms with van der Waals surface area (Å²) < 4.78 is 0. The number of hydrogen-bond acceptors (Lipinski definition) is 6. The van der Waals surface area contributed by atoms with Gasteiger partial charge >= 0.3 is 0 Å². The normalized spacial score (nSPS) is 12.1. The minimum atomic E-state index is -0.162. The maximum Gasteiger partial charge on any atom is 0.228 e. The van der Waals surface area contributed by atoms with Gasteiger partial charge in [-0.1, -0.05) is 23.7 Å². The molecule has 0 saturated heterocycles. The molecule has 3 rings (SSSR count). The Labute approximate surface area is 137 Å². The predicted molar refractivity (Wildman–Crippen MR) is 89.5 cm³/mol. The molecule has 3 aromatic rings. The quantitative estimate of drug-likeness (QED) is 0.747. The van der Waals surface area contributed by atoms with Gasteiger partial charge in [0.15, 0.2) is 5.13 Å². The maximum atomic E-state index is 6.22. The fourth-order valence-corrected chi connectivity index (χ4v) is 2.85. The van der Waals surface area contributed by atoms with Gasteiger partial charge in [0, 0.05) is 22.8 Å². The molecule has 22 heavy (non-hydrogen) atoms. The minimum Gasteiger partial charge on any atom is -0.322 e. The lowest BCUT2D eigenvalue weighted by atomic mass is 10.1. The molecule has 0 bridgehead atoms. The van der Waals surface area contributed by atoms with Gasteiger partial charge in [0.25, 0.3) is 0 Å². The third-order valence-electron chi connectivity index (χ3n) is 3.06. The first kappa shape index (κ1) is 14.9. The molecule has 1 atom stereocenters. The molecule has 7 heteroatoms. The van der Waals surface area contributed by atoms with Crippen LogP contribution < -0.4 is 11.1 Å². The number of rotatable bonds is 5. The second kappa shape index (κ2) is 6.83. The topological polar surface area (TPSA) is 76.7 Å². The van der Waals surface area contributed by atoms with E-state index >= 15 is 0 Å². The summed E-state index contributed by atoms with van der Waals surface area (Å²) in [6, 6.07) is 9.29. The summed E-state index contributed by atoms with van der Waals surface area (Å²) in [5, 5.41) is 6.46. The van der Waals surface area contributed by atoms with Gasteiger partial charge in [-0.2, -0.15) is 0 Å². The number of aromatic nitrogens is 3. The van der Waals surface area contributed by atoms with Crippen molar-refractivity contribution in [3.05, 3.63) is 64.4 Å². The van der Waals surface area contributed by atoms with Crippen molar-refractivity contribution in [2.24, 2.45) is 5.73 Å². The van der Waals surface area contributed by atoms with Gasteiger partial charge in [0.2, 0.25) is 5.95 Å². The first-order valence-corrected chi connectivity index (χ1v) is 7.96. The van der Waals surface area contributed by atoms with E-state index in [2.05, 4.69) is 20.3 Å². The van der Waals surface area contributed by atoms with Crippen molar-refractivity contribution >= 4 is 34.0 Å². The lowest BCUT2D eigenvalue weighted by Crippen LogP contribution is -2.13. The molecule has 0 radical (unpaired) electrons. The van der Waals surface area contributed by atoms with Crippen LogP contribution in [0.5, 0.6) is 0 Å². The summed E-state index contributed by atoms with van der Waals surface area (Å²) in [6.45, 7) is 0. The van der Waals surface area contributed by atoms with Crippen LogP contribution in [0, 0.1) is 0 Å². The highest BCUT2D eigenvalue weighted by atomic mass is 35.5. The molecule has 0 amide bonds. The molecule has 0 fully saturated rings. The molecule has 0 aliphatic carbocycles. The SMILES string of the molecule is NC(Cc1ccc(Cl)cc1)c1csc(Nc2ncccn2)n1. The zero-order chi connectivity index (χ0) is 15.4. The number of nitrogens with zero attached hydrogens (tertiary/aromatic N) is 3. The molecule has 2 aromatic heterocycles. The predicted octanol–water partition coefficient (Wildman–Crippen LogP) is 3.57. The molecule has 0 aliphatic heterocycles.